The minimum absolute atomic E-state index is 0.626. The van der Waals surface area contributed by atoms with E-state index >= 15 is 0 Å². The van der Waals surface area contributed by atoms with E-state index in [2.05, 4.69) is 0 Å². The summed E-state index contributed by atoms with van der Waals surface area (Å²) in [5, 5.41) is 1.26. The van der Waals surface area contributed by atoms with Gasteiger partial charge in [0.2, 0.25) is 0 Å². The van der Waals surface area contributed by atoms with Crippen molar-refractivity contribution in [2.75, 3.05) is 19.1 Å². The number of nitrogens with zero attached hydrogens (tertiary/aromatic N) is 1. The number of halogens is 2. The number of anilines is 2. The number of rotatable bonds is 3. The molecule has 2 nitrogen and oxygen atoms in total. The highest BCUT2D eigenvalue weighted by atomic mass is 35.5. The monoisotopic (exact) mass is 281 g/mol. The van der Waals surface area contributed by atoms with Crippen LogP contribution in [0.1, 0.15) is 0 Å². The average molecular weight is 282 g/mol. The summed E-state index contributed by atoms with van der Waals surface area (Å²) in [6, 6.07) is 13.2. The quantitative estimate of drug-likeness (QED) is 0.804. The predicted molar refractivity (Wildman–Crippen MR) is 77.5 cm³/mol. The normalized spacial score (nSPS) is 10.2. The van der Waals surface area contributed by atoms with E-state index in [9.17, 15) is 0 Å². The van der Waals surface area contributed by atoms with E-state index in [0.29, 0.717) is 10.0 Å². The lowest BCUT2D eigenvalue weighted by Crippen LogP contribution is -2.09. The van der Waals surface area contributed by atoms with Crippen molar-refractivity contribution in [3.05, 3.63) is 52.5 Å². The molecule has 0 amide bonds. The highest BCUT2D eigenvalue weighted by Gasteiger charge is 2.08. The molecule has 0 atom stereocenters. The summed E-state index contributed by atoms with van der Waals surface area (Å²) in [4.78, 5) is 2.00. The second-order valence-electron chi connectivity index (χ2n) is 3.85. The van der Waals surface area contributed by atoms with E-state index in [1.807, 2.05) is 48.3 Å². The molecule has 0 N–H and O–H groups in total. The molecule has 0 unspecified atom stereocenters. The van der Waals surface area contributed by atoms with Gasteiger partial charge in [0.05, 0.1) is 17.8 Å². The summed E-state index contributed by atoms with van der Waals surface area (Å²) in [6.07, 6.45) is 0. The standard InChI is InChI=1S/C14H13Cl2NO/c1-17(11-4-6-12(18-2)7-5-11)14-8-3-10(15)9-13(14)16/h3-9H,1-2H3. The molecule has 0 saturated carbocycles. The zero-order chi connectivity index (χ0) is 13.1. The minimum Gasteiger partial charge on any atom is -0.497 e. The van der Waals surface area contributed by atoms with Gasteiger partial charge in [-0.15, -0.1) is 0 Å². The van der Waals surface area contributed by atoms with Gasteiger partial charge in [-0.2, -0.15) is 0 Å². The Balaban J connectivity index is 2.31. The van der Waals surface area contributed by atoms with Crippen molar-refractivity contribution in [2.45, 2.75) is 0 Å². The number of benzene rings is 2. The van der Waals surface area contributed by atoms with Gasteiger partial charge >= 0.3 is 0 Å². The first-order valence-electron chi connectivity index (χ1n) is 5.44. The Bertz CT molecular complexity index is 540. The van der Waals surface area contributed by atoms with Crippen molar-refractivity contribution in [3.63, 3.8) is 0 Å². The van der Waals surface area contributed by atoms with Crippen LogP contribution >= 0.6 is 23.2 Å². The van der Waals surface area contributed by atoms with Gasteiger partial charge in [-0.25, -0.2) is 0 Å². The van der Waals surface area contributed by atoms with Gasteiger partial charge in [0.15, 0.2) is 0 Å². The molecule has 4 heteroatoms. The molecule has 0 spiro atoms. The van der Waals surface area contributed by atoms with Gasteiger partial charge in [0.25, 0.3) is 0 Å². The smallest absolute Gasteiger partial charge is 0.119 e. The minimum atomic E-state index is 0.626. The molecule has 2 rings (SSSR count). The molecule has 0 fully saturated rings. The van der Waals surface area contributed by atoms with Crippen LogP contribution in [0.4, 0.5) is 11.4 Å². The third-order valence-corrected chi connectivity index (χ3v) is 3.27. The Morgan fingerprint density at radius 3 is 2.22 bits per heavy atom. The summed E-state index contributed by atoms with van der Waals surface area (Å²) < 4.78 is 5.13. The first-order chi connectivity index (χ1) is 8.61. The van der Waals surface area contributed by atoms with E-state index in [4.69, 9.17) is 27.9 Å². The molecule has 0 saturated heterocycles. The Morgan fingerprint density at radius 1 is 1.00 bits per heavy atom. The maximum absolute atomic E-state index is 6.18. The van der Waals surface area contributed by atoms with Crippen molar-refractivity contribution in [1.29, 1.82) is 0 Å². The molecule has 0 aliphatic rings. The van der Waals surface area contributed by atoms with Crippen LogP contribution in [-0.4, -0.2) is 14.2 Å². The van der Waals surface area contributed by atoms with Gasteiger partial charge in [-0.3, -0.25) is 0 Å². The largest absolute Gasteiger partial charge is 0.497 e. The lowest BCUT2D eigenvalue weighted by molar-refractivity contribution is 0.415. The molecule has 2 aromatic carbocycles. The highest BCUT2D eigenvalue weighted by Crippen LogP contribution is 2.33. The Hall–Kier alpha value is -1.38. The second-order valence-corrected chi connectivity index (χ2v) is 4.70. The van der Waals surface area contributed by atoms with Gasteiger partial charge < -0.3 is 9.64 Å². The van der Waals surface area contributed by atoms with E-state index in [0.717, 1.165) is 17.1 Å². The predicted octanol–water partition coefficient (Wildman–Crippen LogP) is 4.77. The fraction of sp³-hybridized carbons (Fsp3) is 0.143. The third kappa shape index (κ3) is 2.71. The fourth-order valence-electron chi connectivity index (χ4n) is 1.70. The maximum atomic E-state index is 6.18. The van der Waals surface area contributed by atoms with Crippen molar-refractivity contribution < 1.29 is 4.74 Å². The van der Waals surface area contributed by atoms with Crippen LogP contribution in [0.3, 0.4) is 0 Å². The lowest BCUT2D eigenvalue weighted by Gasteiger charge is -2.21. The Morgan fingerprint density at radius 2 is 1.67 bits per heavy atom. The molecular weight excluding hydrogens is 269 g/mol. The Labute approximate surface area is 117 Å². The number of hydrogen-bond donors (Lipinski definition) is 0. The summed E-state index contributed by atoms with van der Waals surface area (Å²) in [5.41, 5.74) is 1.94. The van der Waals surface area contributed by atoms with Crippen molar-refractivity contribution in [3.8, 4) is 5.75 Å². The average Bonchev–Trinajstić information content (AvgIpc) is 2.38. The number of ether oxygens (including phenoxy) is 1. The maximum Gasteiger partial charge on any atom is 0.119 e. The van der Waals surface area contributed by atoms with Crippen molar-refractivity contribution >= 4 is 34.6 Å². The molecule has 2 aromatic rings. The van der Waals surface area contributed by atoms with E-state index < -0.39 is 0 Å². The van der Waals surface area contributed by atoms with E-state index in [1.54, 1.807) is 13.2 Å². The molecular formula is C14H13Cl2NO. The molecule has 0 aliphatic carbocycles. The first kappa shape index (κ1) is 13.1. The molecule has 0 heterocycles. The second kappa shape index (κ2) is 5.51. The lowest BCUT2D eigenvalue weighted by atomic mass is 10.2. The van der Waals surface area contributed by atoms with Crippen LogP contribution in [0.2, 0.25) is 10.0 Å². The molecule has 94 valence electrons. The molecule has 0 aliphatic heterocycles. The summed E-state index contributed by atoms with van der Waals surface area (Å²) in [5.74, 6) is 0.828. The summed E-state index contributed by atoms with van der Waals surface area (Å²) >= 11 is 12.1. The summed E-state index contributed by atoms with van der Waals surface area (Å²) in [7, 11) is 3.60. The number of hydrogen-bond acceptors (Lipinski definition) is 2. The van der Waals surface area contributed by atoms with Crippen LogP contribution in [0.5, 0.6) is 5.75 Å². The van der Waals surface area contributed by atoms with E-state index in [-0.39, 0.29) is 0 Å². The van der Waals surface area contributed by atoms with E-state index in [1.165, 1.54) is 0 Å². The van der Waals surface area contributed by atoms with Gasteiger partial charge in [-0.1, -0.05) is 23.2 Å². The molecule has 0 radical (unpaired) electrons. The number of methoxy groups -OCH3 is 1. The SMILES string of the molecule is COc1ccc(N(C)c2ccc(Cl)cc2Cl)cc1. The van der Waals surface area contributed by atoms with Crippen LogP contribution in [-0.2, 0) is 0 Å². The van der Waals surface area contributed by atoms with Crippen molar-refractivity contribution in [2.24, 2.45) is 0 Å². The van der Waals surface area contributed by atoms with Crippen LogP contribution in [0, 0.1) is 0 Å². The zero-order valence-corrected chi connectivity index (χ0v) is 11.7. The Kier molecular flexibility index (Phi) is 4.00. The van der Waals surface area contributed by atoms with Crippen LogP contribution < -0.4 is 9.64 Å². The van der Waals surface area contributed by atoms with Gasteiger partial charge in [0, 0.05) is 17.8 Å². The fourth-order valence-corrected chi connectivity index (χ4v) is 2.23. The van der Waals surface area contributed by atoms with Gasteiger partial charge in [0.1, 0.15) is 5.75 Å². The van der Waals surface area contributed by atoms with Crippen LogP contribution in [0.15, 0.2) is 42.5 Å². The third-order valence-electron chi connectivity index (χ3n) is 2.73. The first-order valence-corrected chi connectivity index (χ1v) is 6.20. The van der Waals surface area contributed by atoms with Crippen LogP contribution in [0.25, 0.3) is 0 Å². The zero-order valence-electron chi connectivity index (χ0n) is 10.2. The topological polar surface area (TPSA) is 12.5 Å². The summed E-state index contributed by atoms with van der Waals surface area (Å²) in [6.45, 7) is 0. The molecule has 18 heavy (non-hydrogen) atoms. The molecule has 0 aromatic heterocycles. The van der Waals surface area contributed by atoms with Gasteiger partial charge in [-0.05, 0) is 42.5 Å². The van der Waals surface area contributed by atoms with Crippen molar-refractivity contribution in [1.82, 2.24) is 0 Å². The highest BCUT2D eigenvalue weighted by molar-refractivity contribution is 6.36. The molecule has 0 bridgehead atoms.